The van der Waals surface area contributed by atoms with Crippen LogP contribution in [0.2, 0.25) is 0 Å². The molecule has 0 unspecified atom stereocenters. The molecular weight excluding hydrogens is 290 g/mol. The zero-order chi connectivity index (χ0) is 14.3. The Morgan fingerprint density at radius 2 is 2.15 bits per heavy atom. The van der Waals surface area contributed by atoms with Gasteiger partial charge < -0.3 is 5.73 Å². The van der Waals surface area contributed by atoms with Gasteiger partial charge in [0.2, 0.25) is 0 Å². The third kappa shape index (κ3) is 2.38. The summed E-state index contributed by atoms with van der Waals surface area (Å²) in [6.07, 6.45) is 3.82. The van der Waals surface area contributed by atoms with Crippen LogP contribution < -0.4 is 5.73 Å². The second kappa shape index (κ2) is 5.06. The Bertz CT molecular complexity index is 775. The standard InChI is InChI=1S/C13H15N5S2/c1-7-8(2)20-13-11(7)12(14)16-10(17-13)6-19-9-4-15-18(3)5-9/h4-5H,6H2,1-3H3,(H2,14,16,17). The second-order valence-corrected chi connectivity index (χ2v) is 6.88. The van der Waals surface area contributed by atoms with E-state index < -0.39 is 0 Å². The molecule has 3 heterocycles. The summed E-state index contributed by atoms with van der Waals surface area (Å²) >= 11 is 3.34. The summed E-state index contributed by atoms with van der Waals surface area (Å²) < 4.78 is 1.78. The van der Waals surface area contributed by atoms with Gasteiger partial charge in [0.1, 0.15) is 16.5 Å². The summed E-state index contributed by atoms with van der Waals surface area (Å²) in [4.78, 5) is 12.4. The van der Waals surface area contributed by atoms with Crippen molar-refractivity contribution in [2.24, 2.45) is 7.05 Å². The molecule has 104 valence electrons. The number of hydrogen-bond acceptors (Lipinski definition) is 6. The quantitative estimate of drug-likeness (QED) is 0.753. The average molecular weight is 305 g/mol. The van der Waals surface area contributed by atoms with Gasteiger partial charge in [0.05, 0.1) is 17.3 Å². The van der Waals surface area contributed by atoms with Crippen molar-refractivity contribution in [3.05, 3.63) is 28.7 Å². The number of thiophene rings is 1. The van der Waals surface area contributed by atoms with Gasteiger partial charge in [-0.05, 0) is 19.4 Å². The minimum Gasteiger partial charge on any atom is -0.383 e. The summed E-state index contributed by atoms with van der Waals surface area (Å²) in [7, 11) is 1.90. The molecule has 0 aliphatic carbocycles. The maximum atomic E-state index is 6.07. The van der Waals surface area contributed by atoms with Gasteiger partial charge in [0.25, 0.3) is 0 Å². The number of aryl methyl sites for hydroxylation is 3. The molecule has 3 aromatic rings. The zero-order valence-electron chi connectivity index (χ0n) is 11.5. The largest absolute Gasteiger partial charge is 0.383 e. The molecule has 3 aromatic heterocycles. The number of thioether (sulfide) groups is 1. The highest BCUT2D eigenvalue weighted by molar-refractivity contribution is 7.98. The third-order valence-corrected chi connectivity index (χ3v) is 5.20. The van der Waals surface area contributed by atoms with E-state index in [1.165, 1.54) is 10.4 Å². The van der Waals surface area contributed by atoms with Crippen molar-refractivity contribution in [3.63, 3.8) is 0 Å². The summed E-state index contributed by atoms with van der Waals surface area (Å²) in [5, 5.41) is 5.15. The highest BCUT2D eigenvalue weighted by Gasteiger charge is 2.12. The van der Waals surface area contributed by atoms with E-state index in [4.69, 9.17) is 5.73 Å². The molecule has 0 fully saturated rings. The van der Waals surface area contributed by atoms with Gasteiger partial charge in [-0.25, -0.2) is 9.97 Å². The van der Waals surface area contributed by atoms with Crippen LogP contribution in [0.3, 0.4) is 0 Å². The number of fused-ring (bicyclic) bond motifs is 1. The minimum absolute atomic E-state index is 0.582. The Morgan fingerprint density at radius 1 is 1.35 bits per heavy atom. The molecule has 5 nitrogen and oxygen atoms in total. The fourth-order valence-corrected chi connectivity index (χ4v) is 3.84. The fourth-order valence-electron chi connectivity index (χ4n) is 2.01. The highest BCUT2D eigenvalue weighted by Crippen LogP contribution is 2.32. The molecule has 0 spiro atoms. The second-order valence-electron chi connectivity index (χ2n) is 4.63. The van der Waals surface area contributed by atoms with Gasteiger partial charge in [0, 0.05) is 23.0 Å². The van der Waals surface area contributed by atoms with Crippen molar-refractivity contribution >= 4 is 39.1 Å². The van der Waals surface area contributed by atoms with Crippen LogP contribution in [0.15, 0.2) is 17.3 Å². The predicted octanol–water partition coefficient (Wildman–Crippen LogP) is 2.92. The molecule has 0 atom stereocenters. The van der Waals surface area contributed by atoms with Crippen LogP contribution >= 0.6 is 23.1 Å². The number of nitrogens with two attached hydrogens (primary N) is 1. The third-order valence-electron chi connectivity index (χ3n) is 3.15. The Hall–Kier alpha value is -1.60. The Kier molecular flexibility index (Phi) is 3.39. The lowest BCUT2D eigenvalue weighted by atomic mass is 10.2. The molecule has 0 saturated carbocycles. The van der Waals surface area contributed by atoms with Gasteiger partial charge >= 0.3 is 0 Å². The van der Waals surface area contributed by atoms with Crippen LogP contribution in [0.25, 0.3) is 10.2 Å². The van der Waals surface area contributed by atoms with Crippen LogP contribution in [0.4, 0.5) is 5.82 Å². The van der Waals surface area contributed by atoms with Crippen LogP contribution in [0.1, 0.15) is 16.3 Å². The van der Waals surface area contributed by atoms with Crippen molar-refractivity contribution in [2.45, 2.75) is 24.5 Å². The van der Waals surface area contributed by atoms with E-state index in [0.29, 0.717) is 11.6 Å². The molecule has 0 saturated heterocycles. The van der Waals surface area contributed by atoms with E-state index in [-0.39, 0.29) is 0 Å². The summed E-state index contributed by atoms with van der Waals surface area (Å²) in [5.74, 6) is 2.05. The number of aromatic nitrogens is 4. The van der Waals surface area contributed by atoms with Gasteiger partial charge in [-0.15, -0.1) is 23.1 Å². The first-order chi connectivity index (χ1) is 9.54. The molecule has 0 aliphatic rings. The van der Waals surface area contributed by atoms with Gasteiger partial charge in [0.15, 0.2) is 0 Å². The number of rotatable bonds is 3. The Balaban J connectivity index is 1.89. The average Bonchev–Trinajstić information content (AvgIpc) is 2.92. The Labute approximate surface area is 125 Å². The van der Waals surface area contributed by atoms with Crippen molar-refractivity contribution in [1.29, 1.82) is 0 Å². The molecular formula is C13H15N5S2. The molecule has 0 radical (unpaired) electrons. The smallest absolute Gasteiger partial charge is 0.142 e. The van der Waals surface area contributed by atoms with E-state index in [1.807, 2.05) is 19.4 Å². The highest BCUT2D eigenvalue weighted by atomic mass is 32.2. The first kappa shape index (κ1) is 13.4. The summed E-state index contributed by atoms with van der Waals surface area (Å²) in [5.41, 5.74) is 7.26. The molecule has 20 heavy (non-hydrogen) atoms. The van der Waals surface area contributed by atoms with E-state index in [2.05, 4.69) is 28.9 Å². The van der Waals surface area contributed by atoms with Crippen molar-refractivity contribution in [2.75, 3.05) is 5.73 Å². The van der Waals surface area contributed by atoms with Crippen LogP contribution in [0, 0.1) is 13.8 Å². The fraction of sp³-hybridized carbons (Fsp3) is 0.308. The number of hydrogen-bond donors (Lipinski definition) is 1. The molecule has 7 heteroatoms. The predicted molar refractivity (Wildman–Crippen MR) is 84.1 cm³/mol. The summed E-state index contributed by atoms with van der Waals surface area (Å²) in [6, 6.07) is 0. The van der Waals surface area contributed by atoms with E-state index in [1.54, 1.807) is 27.8 Å². The van der Waals surface area contributed by atoms with E-state index in [9.17, 15) is 0 Å². The van der Waals surface area contributed by atoms with Gasteiger partial charge in [-0.2, -0.15) is 5.10 Å². The zero-order valence-corrected chi connectivity index (χ0v) is 13.2. The SMILES string of the molecule is Cc1sc2nc(CSc3cnn(C)c3)nc(N)c2c1C. The first-order valence-electron chi connectivity index (χ1n) is 6.18. The molecule has 3 rings (SSSR count). The van der Waals surface area contributed by atoms with Crippen LogP contribution in [0.5, 0.6) is 0 Å². The maximum Gasteiger partial charge on any atom is 0.142 e. The van der Waals surface area contributed by atoms with Crippen molar-refractivity contribution in [3.8, 4) is 0 Å². The van der Waals surface area contributed by atoms with E-state index >= 15 is 0 Å². The normalized spacial score (nSPS) is 11.3. The number of nitrogens with zero attached hydrogens (tertiary/aromatic N) is 4. The van der Waals surface area contributed by atoms with Gasteiger partial charge in [-0.3, -0.25) is 4.68 Å². The van der Waals surface area contributed by atoms with Crippen molar-refractivity contribution in [1.82, 2.24) is 19.7 Å². The van der Waals surface area contributed by atoms with E-state index in [0.717, 1.165) is 20.9 Å². The topological polar surface area (TPSA) is 69.6 Å². The summed E-state index contributed by atoms with van der Waals surface area (Å²) in [6.45, 7) is 4.16. The van der Waals surface area contributed by atoms with Crippen LogP contribution in [-0.2, 0) is 12.8 Å². The lowest BCUT2D eigenvalue weighted by Gasteiger charge is -2.02. The molecule has 0 amide bonds. The molecule has 2 N–H and O–H groups in total. The minimum atomic E-state index is 0.582. The molecule has 0 aromatic carbocycles. The maximum absolute atomic E-state index is 6.07. The number of anilines is 1. The van der Waals surface area contributed by atoms with Crippen LogP contribution in [-0.4, -0.2) is 19.7 Å². The molecule has 0 aliphatic heterocycles. The first-order valence-corrected chi connectivity index (χ1v) is 7.98. The van der Waals surface area contributed by atoms with Crippen molar-refractivity contribution < 1.29 is 0 Å². The Morgan fingerprint density at radius 3 is 2.85 bits per heavy atom. The number of nitrogen functional groups attached to an aromatic ring is 1. The lowest BCUT2D eigenvalue weighted by molar-refractivity contribution is 0.766. The monoisotopic (exact) mass is 305 g/mol. The molecule has 0 bridgehead atoms. The van der Waals surface area contributed by atoms with Gasteiger partial charge in [-0.1, -0.05) is 0 Å². The lowest BCUT2D eigenvalue weighted by Crippen LogP contribution is -1.99.